The second kappa shape index (κ2) is 8.54. The number of likely N-dealkylation sites (tertiary alicyclic amines) is 1. The molecule has 2 amide bonds. The highest BCUT2D eigenvalue weighted by Crippen LogP contribution is 2.37. The molecule has 1 N–H and O–H groups in total. The van der Waals surface area contributed by atoms with E-state index >= 15 is 0 Å². The predicted molar refractivity (Wildman–Crippen MR) is 111 cm³/mol. The minimum absolute atomic E-state index is 0.152. The number of rotatable bonds is 5. The molecule has 1 saturated heterocycles. The summed E-state index contributed by atoms with van der Waals surface area (Å²) in [6, 6.07) is 11.5. The van der Waals surface area contributed by atoms with Crippen molar-refractivity contribution < 1.29 is 22.8 Å². The topological polar surface area (TPSA) is 49.4 Å². The molecule has 31 heavy (non-hydrogen) atoms. The summed E-state index contributed by atoms with van der Waals surface area (Å²) < 4.78 is 39.7. The largest absolute Gasteiger partial charge is 0.416 e. The van der Waals surface area contributed by atoms with Gasteiger partial charge >= 0.3 is 6.18 Å². The van der Waals surface area contributed by atoms with Crippen LogP contribution < -0.4 is 5.32 Å². The molecule has 2 aliphatic rings. The molecule has 2 atom stereocenters. The van der Waals surface area contributed by atoms with Crippen molar-refractivity contribution in [3.8, 4) is 0 Å². The van der Waals surface area contributed by atoms with E-state index in [-0.39, 0.29) is 24.9 Å². The van der Waals surface area contributed by atoms with Gasteiger partial charge in [0.1, 0.15) is 0 Å². The first kappa shape index (κ1) is 21.7. The van der Waals surface area contributed by atoms with Gasteiger partial charge < -0.3 is 10.2 Å². The molecule has 164 valence electrons. The van der Waals surface area contributed by atoms with E-state index < -0.39 is 23.6 Å². The second-order valence-corrected chi connectivity index (χ2v) is 8.68. The van der Waals surface area contributed by atoms with E-state index in [1.807, 2.05) is 0 Å². The number of alkyl halides is 3. The van der Waals surface area contributed by atoms with Crippen LogP contribution in [0.3, 0.4) is 0 Å². The van der Waals surface area contributed by atoms with E-state index in [4.69, 9.17) is 11.6 Å². The van der Waals surface area contributed by atoms with Crippen molar-refractivity contribution in [1.82, 2.24) is 10.2 Å². The van der Waals surface area contributed by atoms with Gasteiger partial charge in [-0.3, -0.25) is 9.59 Å². The zero-order valence-corrected chi connectivity index (χ0v) is 17.4. The number of nitrogens with one attached hydrogen (secondary N) is 1. The van der Waals surface area contributed by atoms with Crippen LogP contribution in [-0.4, -0.2) is 36.3 Å². The Morgan fingerprint density at radius 2 is 1.77 bits per heavy atom. The predicted octanol–water partition coefficient (Wildman–Crippen LogP) is 4.74. The van der Waals surface area contributed by atoms with E-state index in [2.05, 4.69) is 5.32 Å². The number of hydrogen-bond acceptors (Lipinski definition) is 2. The van der Waals surface area contributed by atoms with Crippen LogP contribution >= 0.6 is 11.6 Å². The third kappa shape index (κ3) is 5.03. The van der Waals surface area contributed by atoms with Crippen molar-refractivity contribution in [3.05, 3.63) is 70.2 Å². The van der Waals surface area contributed by atoms with Gasteiger partial charge in [0, 0.05) is 36.1 Å². The minimum atomic E-state index is -4.48. The van der Waals surface area contributed by atoms with Crippen LogP contribution in [0, 0.1) is 11.8 Å². The Bertz CT molecular complexity index is 974. The Kier molecular flexibility index (Phi) is 5.97. The molecule has 4 nitrogen and oxygen atoms in total. The van der Waals surface area contributed by atoms with E-state index in [1.54, 1.807) is 30.3 Å². The number of halogens is 4. The molecule has 0 bridgehead atoms. The first-order chi connectivity index (χ1) is 14.7. The molecule has 2 aromatic rings. The summed E-state index contributed by atoms with van der Waals surface area (Å²) in [6.45, 7) is 0.888. The summed E-state index contributed by atoms with van der Waals surface area (Å²) in [4.78, 5) is 27.4. The van der Waals surface area contributed by atoms with E-state index in [0.29, 0.717) is 28.6 Å². The normalized spacial score (nSPS) is 21.2. The third-order valence-electron chi connectivity index (χ3n) is 5.94. The van der Waals surface area contributed by atoms with Gasteiger partial charge in [0.05, 0.1) is 11.5 Å². The molecule has 0 aromatic heterocycles. The van der Waals surface area contributed by atoms with Crippen LogP contribution in [0.15, 0.2) is 48.5 Å². The van der Waals surface area contributed by atoms with Gasteiger partial charge in [-0.15, -0.1) is 0 Å². The lowest BCUT2D eigenvalue weighted by Crippen LogP contribution is -2.36. The number of hydrogen-bond donors (Lipinski definition) is 1. The summed E-state index contributed by atoms with van der Waals surface area (Å²) in [6.07, 6.45) is -2.33. The number of carbonyl (C=O) groups excluding carboxylic acids is 2. The van der Waals surface area contributed by atoms with Gasteiger partial charge in [-0.05, 0) is 54.7 Å². The van der Waals surface area contributed by atoms with E-state index in [0.717, 1.165) is 25.0 Å². The molecular formula is C23H22ClF3N2O2. The molecule has 1 heterocycles. The fourth-order valence-electron chi connectivity index (χ4n) is 3.99. The highest BCUT2D eigenvalue weighted by molar-refractivity contribution is 6.30. The number of nitrogens with zero attached hydrogens (tertiary/aromatic N) is 1. The summed E-state index contributed by atoms with van der Waals surface area (Å²) >= 11 is 5.89. The first-order valence-corrected chi connectivity index (χ1v) is 10.6. The van der Waals surface area contributed by atoms with Crippen molar-refractivity contribution in [3.63, 3.8) is 0 Å². The van der Waals surface area contributed by atoms with Gasteiger partial charge in [0.2, 0.25) is 5.91 Å². The average molecular weight is 451 g/mol. The summed E-state index contributed by atoms with van der Waals surface area (Å²) in [5.41, 5.74) is 0.0728. The summed E-state index contributed by atoms with van der Waals surface area (Å²) in [5, 5.41) is 3.42. The second-order valence-electron chi connectivity index (χ2n) is 8.24. The maximum absolute atomic E-state index is 13.2. The molecular weight excluding hydrogens is 429 g/mol. The SMILES string of the molecule is O=C(NCC1CC1)[C@@H]1CN(C(=O)c2ccc(Cl)cc2)C[C@@H]1c1cccc(C(F)(F)F)c1. The Morgan fingerprint density at radius 1 is 1.06 bits per heavy atom. The summed E-state index contributed by atoms with van der Waals surface area (Å²) in [7, 11) is 0. The first-order valence-electron chi connectivity index (χ1n) is 10.2. The Balaban J connectivity index is 1.59. The molecule has 0 spiro atoms. The smallest absolute Gasteiger partial charge is 0.356 e. The van der Waals surface area contributed by atoms with Crippen LogP contribution in [0.4, 0.5) is 13.2 Å². The number of amides is 2. The highest BCUT2D eigenvalue weighted by atomic mass is 35.5. The van der Waals surface area contributed by atoms with E-state index in [9.17, 15) is 22.8 Å². The number of benzene rings is 2. The monoisotopic (exact) mass is 450 g/mol. The molecule has 1 saturated carbocycles. The maximum atomic E-state index is 13.2. The van der Waals surface area contributed by atoms with E-state index in [1.165, 1.54) is 11.0 Å². The lowest BCUT2D eigenvalue weighted by atomic mass is 9.87. The van der Waals surface area contributed by atoms with Gasteiger partial charge in [0.25, 0.3) is 5.91 Å². The Hall–Kier alpha value is -2.54. The molecule has 2 aromatic carbocycles. The Labute approximate surface area is 183 Å². The van der Waals surface area contributed by atoms with Gasteiger partial charge in [-0.2, -0.15) is 13.2 Å². The Morgan fingerprint density at radius 3 is 2.42 bits per heavy atom. The van der Waals surface area contributed by atoms with Crippen LogP contribution in [0.5, 0.6) is 0 Å². The molecule has 0 radical (unpaired) electrons. The molecule has 1 aliphatic heterocycles. The number of carbonyl (C=O) groups is 2. The van der Waals surface area contributed by atoms with Crippen LogP contribution in [0.25, 0.3) is 0 Å². The van der Waals surface area contributed by atoms with Crippen molar-refractivity contribution >= 4 is 23.4 Å². The maximum Gasteiger partial charge on any atom is 0.416 e. The van der Waals surface area contributed by atoms with Gasteiger partial charge in [-0.1, -0.05) is 29.8 Å². The molecule has 4 rings (SSSR count). The molecule has 8 heteroatoms. The minimum Gasteiger partial charge on any atom is -0.356 e. The van der Waals surface area contributed by atoms with Crippen molar-refractivity contribution in [2.75, 3.05) is 19.6 Å². The van der Waals surface area contributed by atoms with Crippen molar-refractivity contribution in [2.24, 2.45) is 11.8 Å². The van der Waals surface area contributed by atoms with Gasteiger partial charge in [0.15, 0.2) is 0 Å². The van der Waals surface area contributed by atoms with Gasteiger partial charge in [-0.25, -0.2) is 0 Å². The highest BCUT2D eigenvalue weighted by Gasteiger charge is 2.42. The fraction of sp³-hybridized carbons (Fsp3) is 0.391. The van der Waals surface area contributed by atoms with Crippen molar-refractivity contribution in [2.45, 2.75) is 24.9 Å². The molecule has 0 unspecified atom stereocenters. The van der Waals surface area contributed by atoms with Crippen molar-refractivity contribution in [1.29, 1.82) is 0 Å². The zero-order chi connectivity index (χ0) is 22.2. The van der Waals surface area contributed by atoms with Crippen LogP contribution in [-0.2, 0) is 11.0 Å². The molecule has 2 fully saturated rings. The zero-order valence-electron chi connectivity index (χ0n) is 16.7. The standard InChI is InChI=1S/C23H22ClF3N2O2/c24-18-8-6-15(7-9-18)22(31)29-12-19(16-2-1-3-17(10-16)23(25,26)27)20(13-29)21(30)28-11-14-4-5-14/h1-3,6-10,14,19-20H,4-5,11-13H2,(H,28,30)/t19-,20-/m1/s1. The molecule has 1 aliphatic carbocycles. The lowest BCUT2D eigenvalue weighted by Gasteiger charge is -2.19. The average Bonchev–Trinajstić information content (AvgIpc) is 3.47. The summed E-state index contributed by atoms with van der Waals surface area (Å²) in [5.74, 6) is -1.15. The quantitative estimate of drug-likeness (QED) is 0.715. The van der Waals surface area contributed by atoms with Crippen LogP contribution in [0.2, 0.25) is 5.02 Å². The van der Waals surface area contributed by atoms with Crippen LogP contribution in [0.1, 0.15) is 40.2 Å². The third-order valence-corrected chi connectivity index (χ3v) is 6.19. The fourth-order valence-corrected chi connectivity index (χ4v) is 4.12. The lowest BCUT2D eigenvalue weighted by molar-refractivity contribution is -0.137.